The van der Waals surface area contributed by atoms with Gasteiger partial charge in [0.15, 0.2) is 0 Å². The fourth-order valence-electron chi connectivity index (χ4n) is 1.44. The molecule has 20 heavy (non-hydrogen) atoms. The number of rotatable bonds is 2. The molecule has 0 aliphatic carbocycles. The third kappa shape index (κ3) is 2.95. The van der Waals surface area contributed by atoms with Gasteiger partial charge in [-0.2, -0.15) is 23.4 Å². The smallest absolute Gasteiger partial charge is 0.382 e. The van der Waals surface area contributed by atoms with Crippen molar-refractivity contribution in [3.63, 3.8) is 0 Å². The van der Waals surface area contributed by atoms with Crippen LogP contribution in [-0.4, -0.2) is 9.97 Å². The van der Waals surface area contributed by atoms with Crippen LogP contribution in [0.4, 0.5) is 30.6 Å². The first kappa shape index (κ1) is 13.6. The molecule has 8 heteroatoms. The Morgan fingerprint density at radius 2 is 2.05 bits per heavy atom. The lowest BCUT2D eigenvalue weighted by Crippen LogP contribution is -2.06. The highest BCUT2D eigenvalue weighted by Crippen LogP contribution is 2.31. The molecule has 5 nitrogen and oxygen atoms in total. The number of benzene rings is 1. The van der Waals surface area contributed by atoms with E-state index in [-0.39, 0.29) is 23.0 Å². The highest BCUT2D eigenvalue weighted by atomic mass is 19.4. The molecule has 0 unspecified atom stereocenters. The van der Waals surface area contributed by atoms with Gasteiger partial charge in [0.25, 0.3) is 0 Å². The molecule has 0 amide bonds. The summed E-state index contributed by atoms with van der Waals surface area (Å²) in [5, 5.41) is 11.3. The first-order valence-corrected chi connectivity index (χ1v) is 5.37. The number of nitrogens with zero attached hydrogens (tertiary/aromatic N) is 3. The number of nitrogens with two attached hydrogens (primary N) is 1. The molecule has 0 saturated heterocycles. The molecule has 0 fully saturated rings. The average molecular weight is 279 g/mol. The lowest BCUT2D eigenvalue weighted by molar-refractivity contribution is -0.137. The Hall–Kier alpha value is -2.82. The molecule has 1 heterocycles. The summed E-state index contributed by atoms with van der Waals surface area (Å²) in [5.41, 5.74) is 4.97. The van der Waals surface area contributed by atoms with Crippen LogP contribution in [0.3, 0.4) is 0 Å². The molecule has 2 aromatic rings. The highest BCUT2D eigenvalue weighted by Gasteiger charge is 2.30. The molecule has 0 aliphatic rings. The number of alkyl halides is 3. The van der Waals surface area contributed by atoms with Crippen LogP contribution in [0.2, 0.25) is 0 Å². The summed E-state index contributed by atoms with van der Waals surface area (Å²) in [6.45, 7) is 0. The zero-order chi connectivity index (χ0) is 14.8. The van der Waals surface area contributed by atoms with Crippen molar-refractivity contribution in [1.82, 2.24) is 9.97 Å². The Morgan fingerprint density at radius 1 is 1.30 bits per heavy atom. The zero-order valence-corrected chi connectivity index (χ0v) is 9.94. The quantitative estimate of drug-likeness (QED) is 0.882. The van der Waals surface area contributed by atoms with Crippen molar-refractivity contribution >= 4 is 17.5 Å². The minimum atomic E-state index is -4.43. The van der Waals surface area contributed by atoms with E-state index in [1.807, 2.05) is 0 Å². The van der Waals surface area contributed by atoms with Gasteiger partial charge in [-0.15, -0.1) is 0 Å². The van der Waals surface area contributed by atoms with Crippen molar-refractivity contribution in [2.45, 2.75) is 6.18 Å². The first-order valence-electron chi connectivity index (χ1n) is 5.37. The third-order valence-corrected chi connectivity index (χ3v) is 2.38. The molecule has 1 aromatic heterocycles. The summed E-state index contributed by atoms with van der Waals surface area (Å²) in [4.78, 5) is 7.57. The number of aromatic nitrogens is 2. The Balaban J connectivity index is 2.27. The molecular weight excluding hydrogens is 271 g/mol. The molecule has 0 spiro atoms. The largest absolute Gasteiger partial charge is 0.416 e. The summed E-state index contributed by atoms with van der Waals surface area (Å²) in [5.74, 6) is -0.0298. The van der Waals surface area contributed by atoms with Crippen LogP contribution in [0.25, 0.3) is 0 Å². The van der Waals surface area contributed by atoms with Gasteiger partial charge < -0.3 is 11.1 Å². The Labute approximate surface area is 111 Å². The van der Waals surface area contributed by atoms with Gasteiger partial charge in [0.1, 0.15) is 17.5 Å². The van der Waals surface area contributed by atoms with Crippen molar-refractivity contribution in [1.29, 1.82) is 5.26 Å². The van der Waals surface area contributed by atoms with E-state index >= 15 is 0 Å². The van der Waals surface area contributed by atoms with Crippen LogP contribution >= 0.6 is 0 Å². The molecule has 0 atom stereocenters. The molecule has 1 aromatic carbocycles. The topological polar surface area (TPSA) is 87.6 Å². The van der Waals surface area contributed by atoms with Crippen molar-refractivity contribution in [3.05, 3.63) is 41.6 Å². The Morgan fingerprint density at radius 3 is 2.65 bits per heavy atom. The minimum Gasteiger partial charge on any atom is -0.382 e. The normalized spacial score (nSPS) is 10.9. The first-order chi connectivity index (χ1) is 9.40. The van der Waals surface area contributed by atoms with E-state index < -0.39 is 11.7 Å². The van der Waals surface area contributed by atoms with Crippen LogP contribution in [0.1, 0.15) is 11.1 Å². The number of hydrogen-bond acceptors (Lipinski definition) is 5. The predicted molar refractivity (Wildman–Crippen MR) is 65.9 cm³/mol. The summed E-state index contributed by atoms with van der Waals surface area (Å²) in [7, 11) is 0. The maximum Gasteiger partial charge on any atom is 0.416 e. The number of nitrogens with one attached hydrogen (secondary N) is 1. The van der Waals surface area contributed by atoms with Gasteiger partial charge in [0.05, 0.1) is 11.8 Å². The van der Waals surface area contributed by atoms with Crippen molar-refractivity contribution in [2.75, 3.05) is 11.1 Å². The van der Waals surface area contributed by atoms with Crippen molar-refractivity contribution in [3.8, 4) is 6.07 Å². The standard InChI is InChI=1S/C12H8F3N5/c13-12(14,15)8-2-1-3-9(4-8)19-11-18-6-7(5-16)10(17)20-11/h1-4,6H,(H3,17,18,19,20). The lowest BCUT2D eigenvalue weighted by Gasteiger charge is -2.10. The van der Waals surface area contributed by atoms with Crippen LogP contribution in [0.15, 0.2) is 30.5 Å². The van der Waals surface area contributed by atoms with E-state index in [1.54, 1.807) is 6.07 Å². The van der Waals surface area contributed by atoms with Crippen molar-refractivity contribution in [2.24, 2.45) is 0 Å². The summed E-state index contributed by atoms with van der Waals surface area (Å²) >= 11 is 0. The van der Waals surface area contributed by atoms with Crippen LogP contribution in [0, 0.1) is 11.3 Å². The van der Waals surface area contributed by atoms with Crippen LogP contribution < -0.4 is 11.1 Å². The molecule has 0 radical (unpaired) electrons. The maximum atomic E-state index is 12.6. The van der Waals surface area contributed by atoms with E-state index in [0.29, 0.717) is 0 Å². The second-order valence-corrected chi connectivity index (χ2v) is 3.81. The maximum absolute atomic E-state index is 12.6. The molecule has 0 aliphatic heterocycles. The SMILES string of the molecule is N#Cc1cnc(Nc2cccc(C(F)(F)F)c2)nc1N. The molecular formula is C12H8F3N5. The van der Waals surface area contributed by atoms with E-state index in [0.717, 1.165) is 12.1 Å². The fourth-order valence-corrected chi connectivity index (χ4v) is 1.44. The van der Waals surface area contributed by atoms with Gasteiger partial charge in [-0.25, -0.2) is 4.98 Å². The zero-order valence-electron chi connectivity index (χ0n) is 9.94. The lowest BCUT2D eigenvalue weighted by atomic mass is 10.2. The summed E-state index contributed by atoms with van der Waals surface area (Å²) < 4.78 is 37.7. The molecule has 3 N–H and O–H groups in total. The minimum absolute atomic E-state index is 0.0147. The Bertz CT molecular complexity index is 676. The summed E-state index contributed by atoms with van der Waals surface area (Å²) in [6.07, 6.45) is -3.24. The number of halogens is 3. The fraction of sp³-hybridized carbons (Fsp3) is 0.0833. The number of anilines is 3. The number of hydrogen-bond donors (Lipinski definition) is 2. The Kier molecular flexibility index (Phi) is 3.43. The van der Waals surface area contributed by atoms with E-state index in [2.05, 4.69) is 15.3 Å². The van der Waals surface area contributed by atoms with Gasteiger partial charge in [0.2, 0.25) is 5.95 Å². The number of nitriles is 1. The molecule has 0 saturated carbocycles. The molecule has 2 rings (SSSR count). The van der Waals surface area contributed by atoms with E-state index in [9.17, 15) is 13.2 Å². The van der Waals surface area contributed by atoms with Gasteiger partial charge >= 0.3 is 6.18 Å². The van der Waals surface area contributed by atoms with E-state index in [4.69, 9.17) is 11.0 Å². The average Bonchev–Trinajstić information content (AvgIpc) is 2.38. The monoisotopic (exact) mass is 279 g/mol. The molecule has 0 bridgehead atoms. The van der Waals surface area contributed by atoms with Crippen LogP contribution in [0.5, 0.6) is 0 Å². The van der Waals surface area contributed by atoms with Gasteiger partial charge in [-0.05, 0) is 18.2 Å². The highest BCUT2D eigenvalue weighted by molar-refractivity contribution is 5.57. The molecule has 102 valence electrons. The van der Waals surface area contributed by atoms with Crippen molar-refractivity contribution < 1.29 is 13.2 Å². The number of nitrogen functional groups attached to an aromatic ring is 1. The second kappa shape index (κ2) is 5.05. The predicted octanol–water partition coefficient (Wildman–Crippen LogP) is 2.69. The second-order valence-electron chi connectivity index (χ2n) is 3.81. The van der Waals surface area contributed by atoms with Gasteiger partial charge in [-0.3, -0.25) is 0 Å². The third-order valence-electron chi connectivity index (χ3n) is 2.38. The van der Waals surface area contributed by atoms with E-state index in [1.165, 1.54) is 18.3 Å². The summed E-state index contributed by atoms with van der Waals surface area (Å²) in [6, 6.07) is 6.37. The van der Waals surface area contributed by atoms with Gasteiger partial charge in [-0.1, -0.05) is 6.07 Å². The van der Waals surface area contributed by atoms with Gasteiger partial charge in [0, 0.05) is 5.69 Å². The van der Waals surface area contributed by atoms with Crippen LogP contribution in [-0.2, 0) is 6.18 Å².